The lowest BCUT2D eigenvalue weighted by Crippen LogP contribution is -2.34. The Bertz CT molecular complexity index is 1200. The molecule has 0 aliphatic rings. The monoisotopic (exact) mass is 425 g/mol. The predicted molar refractivity (Wildman–Crippen MR) is 117 cm³/mol. The highest BCUT2D eigenvalue weighted by Gasteiger charge is 2.22. The second-order valence-electron chi connectivity index (χ2n) is 7.37. The van der Waals surface area contributed by atoms with E-state index in [9.17, 15) is 19.1 Å². The van der Waals surface area contributed by atoms with Crippen LogP contribution in [0.4, 0.5) is 4.39 Å². The van der Waals surface area contributed by atoms with Crippen LogP contribution in [0.5, 0.6) is 5.75 Å². The van der Waals surface area contributed by atoms with Crippen molar-refractivity contribution in [3.05, 3.63) is 75.0 Å². The maximum absolute atomic E-state index is 13.2. The molecule has 0 unspecified atom stereocenters. The number of ether oxygens (including phenoxy) is 1. The number of carbonyl (C=O) groups excluding carboxylic acids is 1. The lowest BCUT2D eigenvalue weighted by molar-refractivity contribution is 0.0933. The molecule has 1 aromatic carbocycles. The molecule has 0 atom stereocenters. The smallest absolute Gasteiger partial charge is 0.271 e. The van der Waals surface area contributed by atoms with Crippen LogP contribution >= 0.6 is 0 Å². The van der Waals surface area contributed by atoms with Gasteiger partial charge in [0.15, 0.2) is 5.75 Å². The lowest BCUT2D eigenvalue weighted by atomic mass is 10.1. The van der Waals surface area contributed by atoms with E-state index in [2.05, 4.69) is 10.3 Å². The molecular weight excluding hydrogens is 401 g/mol. The first kappa shape index (κ1) is 22.2. The van der Waals surface area contributed by atoms with Gasteiger partial charge < -0.3 is 15.2 Å². The van der Waals surface area contributed by atoms with Crippen molar-refractivity contribution >= 4 is 23.1 Å². The predicted octanol–water partition coefficient (Wildman–Crippen LogP) is 3.09. The number of allylic oxidation sites excluding steroid dienone is 1. The van der Waals surface area contributed by atoms with Crippen LogP contribution in [0.15, 0.2) is 46.9 Å². The van der Waals surface area contributed by atoms with Crippen LogP contribution in [0.25, 0.3) is 17.2 Å². The second-order valence-corrected chi connectivity index (χ2v) is 7.37. The molecule has 2 N–H and O–H groups in total. The molecule has 0 saturated carbocycles. The zero-order valence-corrected chi connectivity index (χ0v) is 17.6. The number of fused-ring (bicyclic) bond motifs is 1. The zero-order chi connectivity index (χ0) is 22.5. The fourth-order valence-electron chi connectivity index (χ4n) is 3.19. The van der Waals surface area contributed by atoms with E-state index in [-0.39, 0.29) is 30.0 Å². The minimum Gasteiger partial charge on any atom is -0.505 e. The van der Waals surface area contributed by atoms with E-state index in [1.807, 2.05) is 13.8 Å². The van der Waals surface area contributed by atoms with E-state index in [0.717, 1.165) is 16.7 Å². The molecule has 0 saturated heterocycles. The van der Waals surface area contributed by atoms with Gasteiger partial charge in [-0.3, -0.25) is 19.1 Å². The first-order chi connectivity index (χ1) is 14.8. The van der Waals surface area contributed by atoms with Gasteiger partial charge in [-0.05, 0) is 49.6 Å². The second kappa shape index (κ2) is 9.53. The van der Waals surface area contributed by atoms with E-state index in [1.54, 1.807) is 30.6 Å². The topological polar surface area (TPSA) is 93.4 Å². The maximum Gasteiger partial charge on any atom is 0.271 e. The molecular formula is C23H24FN3O4. The van der Waals surface area contributed by atoms with Crippen LogP contribution in [0.2, 0.25) is 0 Å². The first-order valence-electron chi connectivity index (χ1n) is 9.74. The average Bonchev–Trinajstić information content (AvgIpc) is 2.73. The van der Waals surface area contributed by atoms with Gasteiger partial charge in [-0.15, -0.1) is 0 Å². The van der Waals surface area contributed by atoms with Crippen LogP contribution in [0.3, 0.4) is 0 Å². The molecule has 0 fully saturated rings. The van der Waals surface area contributed by atoms with Crippen molar-refractivity contribution in [1.82, 2.24) is 14.9 Å². The Morgan fingerprint density at radius 3 is 2.61 bits per heavy atom. The number of nitrogens with one attached hydrogen (secondary N) is 1. The Morgan fingerprint density at radius 1 is 1.26 bits per heavy atom. The largest absolute Gasteiger partial charge is 0.505 e. The third-order valence-corrected chi connectivity index (χ3v) is 4.61. The number of aromatic nitrogens is 2. The summed E-state index contributed by atoms with van der Waals surface area (Å²) in [6.07, 6.45) is 3.63. The molecule has 0 spiro atoms. The van der Waals surface area contributed by atoms with E-state index < -0.39 is 17.2 Å². The highest BCUT2D eigenvalue weighted by atomic mass is 19.1. The number of benzene rings is 1. The first-order valence-corrected chi connectivity index (χ1v) is 9.74. The highest BCUT2D eigenvalue weighted by molar-refractivity contribution is 6.01. The Kier molecular flexibility index (Phi) is 6.81. The van der Waals surface area contributed by atoms with E-state index >= 15 is 0 Å². The molecule has 8 heteroatoms. The van der Waals surface area contributed by atoms with E-state index in [1.165, 1.54) is 23.8 Å². The Labute approximate surface area is 178 Å². The SMILES string of the molecule is COCCNC(=O)c1c(O)c2ncc(Cc3ccc(F)cc3)cc2n(C=C(C)C)c1=O. The molecule has 1 amide bonds. The fraction of sp³-hybridized carbons (Fsp3) is 0.261. The molecule has 31 heavy (non-hydrogen) atoms. The number of halogens is 1. The Balaban J connectivity index is 2.13. The van der Waals surface area contributed by atoms with Crippen LogP contribution in [0, 0.1) is 5.82 Å². The number of aromatic hydroxyl groups is 1. The minimum absolute atomic E-state index is 0.136. The van der Waals surface area contributed by atoms with Gasteiger partial charge in [0.05, 0.1) is 12.1 Å². The van der Waals surface area contributed by atoms with Crippen molar-refractivity contribution < 1.29 is 19.0 Å². The third kappa shape index (κ3) is 4.97. The van der Waals surface area contributed by atoms with Gasteiger partial charge >= 0.3 is 0 Å². The summed E-state index contributed by atoms with van der Waals surface area (Å²) < 4.78 is 19.4. The number of pyridine rings is 2. The molecule has 0 aliphatic heterocycles. The van der Waals surface area contributed by atoms with Crippen LogP contribution in [-0.2, 0) is 11.2 Å². The molecule has 2 aromatic heterocycles. The molecule has 3 aromatic rings. The number of carbonyl (C=O) groups is 1. The van der Waals surface area contributed by atoms with Gasteiger partial charge in [0.25, 0.3) is 11.5 Å². The molecule has 162 valence electrons. The van der Waals surface area contributed by atoms with Gasteiger partial charge in [-0.1, -0.05) is 17.7 Å². The van der Waals surface area contributed by atoms with Crippen LogP contribution in [0.1, 0.15) is 35.3 Å². The Morgan fingerprint density at radius 2 is 1.97 bits per heavy atom. The summed E-state index contributed by atoms with van der Waals surface area (Å²) >= 11 is 0. The van der Waals surface area contributed by atoms with Crippen molar-refractivity contribution in [1.29, 1.82) is 0 Å². The average molecular weight is 425 g/mol. The van der Waals surface area contributed by atoms with Gasteiger partial charge in [0.1, 0.15) is 16.9 Å². The standard InChI is InChI=1S/C23H24FN3O4/c1-14(2)13-27-18-11-16(10-15-4-6-17(24)7-5-15)12-26-20(18)21(28)19(23(27)30)22(29)25-8-9-31-3/h4-7,11-13,28H,8-10H2,1-3H3,(H,25,29). The normalized spacial score (nSPS) is 10.8. The maximum atomic E-state index is 13.2. The molecule has 0 bridgehead atoms. The highest BCUT2D eigenvalue weighted by Crippen LogP contribution is 2.26. The summed E-state index contributed by atoms with van der Waals surface area (Å²) in [7, 11) is 1.49. The quantitative estimate of drug-likeness (QED) is 0.568. The fourth-order valence-corrected chi connectivity index (χ4v) is 3.19. The van der Waals surface area contributed by atoms with Crippen LogP contribution < -0.4 is 10.9 Å². The van der Waals surface area contributed by atoms with Crippen molar-refractivity contribution in [3.8, 4) is 5.75 Å². The summed E-state index contributed by atoms with van der Waals surface area (Å²) in [6.45, 7) is 4.10. The minimum atomic E-state index is -0.699. The molecule has 0 aliphatic carbocycles. The van der Waals surface area contributed by atoms with Crippen molar-refractivity contribution in [3.63, 3.8) is 0 Å². The molecule has 3 rings (SSSR count). The Hall–Kier alpha value is -3.52. The summed E-state index contributed by atoms with van der Waals surface area (Å²) in [5, 5.41) is 13.3. The number of nitrogens with zero attached hydrogens (tertiary/aromatic N) is 2. The zero-order valence-electron chi connectivity index (χ0n) is 17.6. The van der Waals surface area contributed by atoms with E-state index in [4.69, 9.17) is 4.74 Å². The number of amides is 1. The number of hydrogen-bond acceptors (Lipinski definition) is 5. The van der Waals surface area contributed by atoms with Gasteiger partial charge in [-0.25, -0.2) is 4.39 Å². The summed E-state index contributed by atoms with van der Waals surface area (Å²) in [5.41, 5.74) is 1.95. The van der Waals surface area contributed by atoms with Crippen molar-refractivity contribution in [2.45, 2.75) is 20.3 Å². The van der Waals surface area contributed by atoms with Gasteiger partial charge in [-0.2, -0.15) is 0 Å². The van der Waals surface area contributed by atoms with Crippen molar-refractivity contribution in [2.24, 2.45) is 0 Å². The van der Waals surface area contributed by atoms with Crippen LogP contribution in [-0.4, -0.2) is 40.8 Å². The summed E-state index contributed by atoms with van der Waals surface area (Å²) in [4.78, 5) is 30.0. The number of methoxy groups -OCH3 is 1. The molecule has 7 nitrogen and oxygen atoms in total. The summed E-state index contributed by atoms with van der Waals surface area (Å²) in [6, 6.07) is 7.84. The lowest BCUT2D eigenvalue weighted by Gasteiger charge is -2.13. The molecule has 2 heterocycles. The third-order valence-electron chi connectivity index (χ3n) is 4.61. The van der Waals surface area contributed by atoms with E-state index in [0.29, 0.717) is 11.9 Å². The van der Waals surface area contributed by atoms with Crippen molar-refractivity contribution in [2.75, 3.05) is 20.3 Å². The summed E-state index contributed by atoms with van der Waals surface area (Å²) in [5.74, 6) is -1.49. The number of rotatable bonds is 7. The van der Waals surface area contributed by atoms with Gasteiger partial charge in [0.2, 0.25) is 0 Å². The number of hydrogen-bond donors (Lipinski definition) is 2. The van der Waals surface area contributed by atoms with Gasteiger partial charge in [0, 0.05) is 26.1 Å². The molecule has 0 radical (unpaired) electrons.